The van der Waals surface area contributed by atoms with Crippen molar-refractivity contribution in [3.63, 3.8) is 0 Å². The van der Waals surface area contributed by atoms with Crippen LogP contribution in [0.25, 0.3) is 0 Å². The summed E-state index contributed by atoms with van der Waals surface area (Å²) < 4.78 is 5.04. The Labute approximate surface area is 118 Å². The molecule has 1 rings (SSSR count). The lowest BCUT2D eigenvalue weighted by Crippen LogP contribution is -2.39. The summed E-state index contributed by atoms with van der Waals surface area (Å²) in [4.78, 5) is 23.0. The number of benzene rings is 1. The maximum atomic E-state index is 11.5. The molecule has 0 unspecified atom stereocenters. The standard InChI is InChI=1S/C14H18ClNO3/c1-14(2,12(17)8-15)10-16-13(18)19-9-11-6-4-3-5-7-11/h3-7H,8-10H2,1-2H3,(H,16,18). The van der Waals surface area contributed by atoms with Crippen molar-refractivity contribution in [1.82, 2.24) is 5.32 Å². The number of ether oxygens (including phenoxy) is 1. The zero-order chi connectivity index (χ0) is 14.3. The maximum absolute atomic E-state index is 11.5. The third-order valence-corrected chi connectivity index (χ3v) is 3.01. The Morgan fingerprint density at radius 3 is 2.47 bits per heavy atom. The molecule has 0 bridgehead atoms. The Morgan fingerprint density at radius 2 is 1.89 bits per heavy atom. The average molecular weight is 284 g/mol. The topological polar surface area (TPSA) is 55.4 Å². The molecule has 0 heterocycles. The fourth-order valence-corrected chi connectivity index (χ4v) is 1.71. The Morgan fingerprint density at radius 1 is 1.26 bits per heavy atom. The van der Waals surface area contributed by atoms with Crippen molar-refractivity contribution < 1.29 is 14.3 Å². The number of alkyl halides is 1. The minimum absolute atomic E-state index is 0.0618. The summed E-state index contributed by atoms with van der Waals surface area (Å²) in [5.74, 6) is -0.175. The van der Waals surface area contributed by atoms with Crippen molar-refractivity contribution in [2.75, 3.05) is 12.4 Å². The number of ketones is 1. The molecule has 0 fully saturated rings. The maximum Gasteiger partial charge on any atom is 0.407 e. The molecule has 4 nitrogen and oxygen atoms in total. The number of Topliss-reactive ketones (excluding diaryl/α,β-unsaturated/α-hetero) is 1. The average Bonchev–Trinajstić information content (AvgIpc) is 2.43. The predicted molar refractivity (Wildman–Crippen MR) is 74.1 cm³/mol. The van der Waals surface area contributed by atoms with Gasteiger partial charge in [0, 0.05) is 12.0 Å². The largest absolute Gasteiger partial charge is 0.445 e. The van der Waals surface area contributed by atoms with E-state index in [1.807, 2.05) is 30.3 Å². The van der Waals surface area contributed by atoms with Crippen LogP contribution < -0.4 is 5.32 Å². The van der Waals surface area contributed by atoms with Crippen LogP contribution >= 0.6 is 11.6 Å². The van der Waals surface area contributed by atoms with Gasteiger partial charge < -0.3 is 10.1 Å². The molecule has 0 aromatic heterocycles. The van der Waals surface area contributed by atoms with Gasteiger partial charge >= 0.3 is 6.09 Å². The van der Waals surface area contributed by atoms with Gasteiger partial charge in [0.25, 0.3) is 0 Å². The summed E-state index contributed by atoms with van der Waals surface area (Å²) in [6.07, 6.45) is -0.542. The number of hydrogen-bond acceptors (Lipinski definition) is 3. The van der Waals surface area contributed by atoms with Crippen LogP contribution in [0.15, 0.2) is 30.3 Å². The van der Waals surface area contributed by atoms with E-state index in [-0.39, 0.29) is 24.8 Å². The monoisotopic (exact) mass is 283 g/mol. The lowest BCUT2D eigenvalue weighted by atomic mass is 9.89. The second-order valence-electron chi connectivity index (χ2n) is 4.86. The summed E-state index contributed by atoms with van der Waals surface area (Å²) in [7, 11) is 0. The van der Waals surface area contributed by atoms with Gasteiger partial charge in [-0.25, -0.2) is 4.79 Å². The van der Waals surface area contributed by atoms with Gasteiger partial charge in [0.1, 0.15) is 6.61 Å². The van der Waals surface area contributed by atoms with Crippen LogP contribution in [0.1, 0.15) is 19.4 Å². The zero-order valence-electron chi connectivity index (χ0n) is 11.1. The number of carbonyl (C=O) groups is 2. The minimum atomic E-state index is -0.687. The van der Waals surface area contributed by atoms with Crippen LogP contribution in [0, 0.1) is 5.41 Å². The van der Waals surface area contributed by atoms with Crippen LogP contribution in [0.5, 0.6) is 0 Å². The Hall–Kier alpha value is -1.55. The molecule has 1 N–H and O–H groups in total. The first-order chi connectivity index (χ1) is 8.95. The molecule has 5 heteroatoms. The molecular weight excluding hydrogens is 266 g/mol. The highest BCUT2D eigenvalue weighted by atomic mass is 35.5. The Balaban J connectivity index is 2.34. The van der Waals surface area contributed by atoms with Gasteiger partial charge in [-0.2, -0.15) is 0 Å². The number of alkyl carbamates (subject to hydrolysis) is 1. The lowest BCUT2D eigenvalue weighted by Gasteiger charge is -2.22. The smallest absolute Gasteiger partial charge is 0.407 e. The van der Waals surface area contributed by atoms with E-state index >= 15 is 0 Å². The number of nitrogens with one attached hydrogen (secondary N) is 1. The van der Waals surface area contributed by atoms with E-state index in [4.69, 9.17) is 16.3 Å². The fourth-order valence-electron chi connectivity index (χ4n) is 1.35. The van der Waals surface area contributed by atoms with Crippen LogP contribution in [0.3, 0.4) is 0 Å². The van der Waals surface area contributed by atoms with Crippen LogP contribution in [-0.2, 0) is 16.1 Å². The number of rotatable bonds is 6. The van der Waals surface area contributed by atoms with E-state index in [9.17, 15) is 9.59 Å². The van der Waals surface area contributed by atoms with Gasteiger partial charge in [-0.15, -0.1) is 11.6 Å². The molecule has 0 atom stereocenters. The van der Waals surface area contributed by atoms with Gasteiger partial charge in [-0.1, -0.05) is 44.2 Å². The summed E-state index contributed by atoms with van der Waals surface area (Å²) in [5.41, 5.74) is 0.224. The van der Waals surface area contributed by atoms with Crippen LogP contribution in [0.4, 0.5) is 4.79 Å². The minimum Gasteiger partial charge on any atom is -0.445 e. The summed E-state index contributed by atoms with van der Waals surface area (Å²) in [5, 5.41) is 2.57. The van der Waals surface area contributed by atoms with E-state index in [0.29, 0.717) is 0 Å². The third-order valence-electron chi connectivity index (χ3n) is 2.76. The summed E-state index contributed by atoms with van der Waals surface area (Å²) >= 11 is 5.50. The van der Waals surface area contributed by atoms with Crippen molar-refractivity contribution in [1.29, 1.82) is 0 Å². The highest BCUT2D eigenvalue weighted by molar-refractivity contribution is 6.28. The Kier molecular flexibility index (Phi) is 5.83. The van der Waals surface area contributed by atoms with Crippen molar-refractivity contribution in [2.24, 2.45) is 5.41 Å². The quantitative estimate of drug-likeness (QED) is 0.817. The van der Waals surface area contributed by atoms with Crippen LogP contribution in [-0.4, -0.2) is 24.3 Å². The first-order valence-electron chi connectivity index (χ1n) is 5.99. The predicted octanol–water partition coefficient (Wildman–Crippen LogP) is 2.75. The van der Waals surface area contributed by atoms with E-state index in [1.165, 1.54) is 0 Å². The summed E-state index contributed by atoms with van der Waals surface area (Å²) in [6.45, 7) is 3.87. The molecule has 0 aliphatic carbocycles. The first kappa shape index (κ1) is 15.5. The van der Waals surface area contributed by atoms with Crippen LogP contribution in [0.2, 0.25) is 0 Å². The molecule has 104 valence electrons. The third kappa shape index (κ3) is 5.30. The van der Waals surface area contributed by atoms with Gasteiger partial charge in [0.05, 0.1) is 5.88 Å². The normalized spacial score (nSPS) is 10.9. The van der Waals surface area contributed by atoms with E-state index in [2.05, 4.69) is 5.32 Å². The second-order valence-corrected chi connectivity index (χ2v) is 5.12. The van der Waals surface area contributed by atoms with Gasteiger partial charge in [0.2, 0.25) is 0 Å². The molecule has 19 heavy (non-hydrogen) atoms. The second kappa shape index (κ2) is 7.14. The highest BCUT2D eigenvalue weighted by Gasteiger charge is 2.27. The van der Waals surface area contributed by atoms with Gasteiger partial charge in [0.15, 0.2) is 5.78 Å². The molecule has 1 amide bonds. The summed E-state index contributed by atoms with van der Waals surface area (Å²) in [6, 6.07) is 9.38. The molecule has 0 radical (unpaired) electrons. The van der Waals surface area contributed by atoms with Gasteiger partial charge in [-0.05, 0) is 5.56 Å². The van der Waals surface area contributed by atoms with Crippen molar-refractivity contribution in [3.05, 3.63) is 35.9 Å². The van der Waals surface area contributed by atoms with E-state index in [0.717, 1.165) is 5.56 Å². The van der Waals surface area contributed by atoms with E-state index < -0.39 is 11.5 Å². The molecule has 0 spiro atoms. The van der Waals surface area contributed by atoms with E-state index in [1.54, 1.807) is 13.8 Å². The zero-order valence-corrected chi connectivity index (χ0v) is 11.9. The molecule has 0 aliphatic heterocycles. The molecule has 0 saturated carbocycles. The van der Waals surface area contributed by atoms with Crippen molar-refractivity contribution >= 4 is 23.5 Å². The molecule has 1 aromatic carbocycles. The molecular formula is C14H18ClNO3. The SMILES string of the molecule is CC(C)(CNC(=O)OCc1ccccc1)C(=O)CCl. The first-order valence-corrected chi connectivity index (χ1v) is 6.53. The van der Waals surface area contributed by atoms with Crippen molar-refractivity contribution in [3.8, 4) is 0 Å². The number of amides is 1. The Bertz CT molecular complexity index is 432. The molecule has 1 aromatic rings. The van der Waals surface area contributed by atoms with Crippen molar-refractivity contribution in [2.45, 2.75) is 20.5 Å². The highest BCUT2D eigenvalue weighted by Crippen LogP contribution is 2.16. The fraction of sp³-hybridized carbons (Fsp3) is 0.429. The lowest BCUT2D eigenvalue weighted by molar-refractivity contribution is -0.124. The van der Waals surface area contributed by atoms with Gasteiger partial charge in [-0.3, -0.25) is 4.79 Å². The number of halogens is 1. The number of hydrogen-bond donors (Lipinski definition) is 1. The molecule has 0 aliphatic rings. The number of carbonyl (C=O) groups excluding carboxylic acids is 2. The molecule has 0 saturated heterocycles.